The Kier molecular flexibility index (Phi) is 1.85. The number of aliphatic carboxylic acids is 1. The van der Waals surface area contributed by atoms with E-state index in [0.29, 0.717) is 0 Å². The zero-order chi connectivity index (χ0) is 9.46. The summed E-state index contributed by atoms with van der Waals surface area (Å²) in [6.45, 7) is 1.29. The fraction of sp³-hybridized carbons (Fsp3) is 0.500. The molecule has 1 saturated heterocycles. The Morgan fingerprint density at radius 3 is 2.08 bits per heavy atom. The molecule has 0 aromatic rings. The summed E-state index contributed by atoms with van der Waals surface area (Å²) in [7, 11) is 0. The van der Waals surface area contributed by atoms with Gasteiger partial charge in [0.05, 0.1) is 5.92 Å². The maximum Gasteiger partial charge on any atom is 0.316 e. The molecule has 0 saturated carbocycles. The zero-order valence-electron chi connectivity index (χ0n) is 6.22. The van der Waals surface area contributed by atoms with Gasteiger partial charge in [-0.15, -0.1) is 0 Å². The van der Waals surface area contributed by atoms with Crippen LogP contribution in [-0.4, -0.2) is 33.2 Å². The Hall–Kier alpha value is -1.43. The van der Waals surface area contributed by atoms with Crippen LogP contribution in [0.15, 0.2) is 0 Å². The van der Waals surface area contributed by atoms with Crippen LogP contribution in [-0.2, 0) is 14.4 Å². The second-order valence-electron chi connectivity index (χ2n) is 2.59. The predicted molar refractivity (Wildman–Crippen MR) is 33.9 cm³/mol. The van der Waals surface area contributed by atoms with Crippen molar-refractivity contribution < 1.29 is 24.7 Å². The van der Waals surface area contributed by atoms with Crippen molar-refractivity contribution in [3.63, 3.8) is 0 Å². The minimum absolute atomic E-state index is 0.135. The molecule has 2 atom stereocenters. The van der Waals surface area contributed by atoms with E-state index in [1.807, 2.05) is 0 Å². The Morgan fingerprint density at radius 2 is 1.92 bits per heavy atom. The lowest BCUT2D eigenvalue weighted by Crippen LogP contribution is -2.29. The summed E-state index contributed by atoms with van der Waals surface area (Å²) in [5, 5.41) is 17.1. The fourth-order valence-electron chi connectivity index (χ4n) is 1.11. The number of rotatable bonds is 1. The maximum atomic E-state index is 10.8. The molecule has 0 aromatic heterocycles. The van der Waals surface area contributed by atoms with Crippen LogP contribution in [0.4, 0.5) is 0 Å². The predicted octanol–water partition coefficient (Wildman–Crippen LogP) is -0.919. The van der Waals surface area contributed by atoms with Crippen molar-refractivity contribution in [3.8, 4) is 0 Å². The minimum atomic E-state index is -1.44. The molecule has 0 aliphatic carbocycles. The van der Waals surface area contributed by atoms with Gasteiger partial charge in [-0.25, -0.2) is 0 Å². The normalized spacial score (nSPS) is 29.7. The van der Waals surface area contributed by atoms with Gasteiger partial charge in [0.15, 0.2) is 0 Å². The van der Waals surface area contributed by atoms with Crippen LogP contribution in [0.1, 0.15) is 6.92 Å². The highest BCUT2D eigenvalue weighted by molar-refractivity contribution is 6.12. The zero-order valence-corrected chi connectivity index (χ0v) is 6.22. The minimum Gasteiger partial charge on any atom is -0.481 e. The summed E-state index contributed by atoms with van der Waals surface area (Å²) in [6.07, 6.45) is 0. The van der Waals surface area contributed by atoms with Crippen molar-refractivity contribution >= 4 is 17.8 Å². The van der Waals surface area contributed by atoms with Gasteiger partial charge in [0.2, 0.25) is 0 Å². The number of imide groups is 1. The SMILES string of the molecule is CC1C(=O)N(O)C(=O)C1C(=O)O. The van der Waals surface area contributed by atoms with Crippen molar-refractivity contribution in [1.82, 2.24) is 5.06 Å². The molecule has 0 aromatic carbocycles. The van der Waals surface area contributed by atoms with Gasteiger partial charge in [0.1, 0.15) is 5.92 Å². The van der Waals surface area contributed by atoms with Crippen LogP contribution >= 0.6 is 0 Å². The van der Waals surface area contributed by atoms with E-state index in [0.717, 1.165) is 0 Å². The van der Waals surface area contributed by atoms with Crippen LogP contribution < -0.4 is 0 Å². The summed E-state index contributed by atoms with van der Waals surface area (Å²) in [5.41, 5.74) is 0. The molecule has 6 heteroatoms. The van der Waals surface area contributed by atoms with Crippen LogP contribution in [0.25, 0.3) is 0 Å². The van der Waals surface area contributed by atoms with Crippen LogP contribution in [0.5, 0.6) is 0 Å². The molecule has 2 unspecified atom stereocenters. The number of carboxylic acid groups (broad SMARTS) is 1. The lowest BCUT2D eigenvalue weighted by molar-refractivity contribution is -0.173. The number of carbonyl (C=O) groups is 3. The van der Waals surface area contributed by atoms with Gasteiger partial charge in [-0.2, -0.15) is 5.06 Å². The largest absolute Gasteiger partial charge is 0.481 e. The average Bonchev–Trinajstić information content (AvgIpc) is 2.16. The summed E-state index contributed by atoms with van der Waals surface area (Å²) in [4.78, 5) is 32.1. The highest BCUT2D eigenvalue weighted by Gasteiger charge is 2.49. The summed E-state index contributed by atoms with van der Waals surface area (Å²) in [5.74, 6) is -5.76. The van der Waals surface area contributed by atoms with E-state index in [9.17, 15) is 14.4 Å². The smallest absolute Gasteiger partial charge is 0.316 e. The first-order valence-electron chi connectivity index (χ1n) is 3.26. The van der Waals surface area contributed by atoms with Gasteiger partial charge in [0, 0.05) is 0 Å². The van der Waals surface area contributed by atoms with Crippen molar-refractivity contribution in [2.75, 3.05) is 0 Å². The highest BCUT2D eigenvalue weighted by Crippen LogP contribution is 2.24. The van der Waals surface area contributed by atoms with Gasteiger partial charge in [-0.3, -0.25) is 19.6 Å². The highest BCUT2D eigenvalue weighted by atomic mass is 16.5. The Bertz CT molecular complexity index is 261. The molecule has 2 N–H and O–H groups in total. The van der Waals surface area contributed by atoms with Crippen LogP contribution in [0, 0.1) is 11.8 Å². The van der Waals surface area contributed by atoms with E-state index in [2.05, 4.69) is 0 Å². The summed E-state index contributed by atoms with van der Waals surface area (Å²) < 4.78 is 0. The number of carboxylic acids is 1. The number of carbonyl (C=O) groups excluding carboxylic acids is 2. The molecule has 12 heavy (non-hydrogen) atoms. The van der Waals surface area contributed by atoms with Gasteiger partial charge in [-0.1, -0.05) is 6.92 Å². The van der Waals surface area contributed by atoms with E-state index >= 15 is 0 Å². The third-order valence-corrected chi connectivity index (χ3v) is 1.84. The second-order valence-corrected chi connectivity index (χ2v) is 2.59. The summed E-state index contributed by atoms with van der Waals surface area (Å²) in [6, 6.07) is 0. The van der Waals surface area contributed by atoms with Crippen molar-refractivity contribution in [3.05, 3.63) is 0 Å². The molecule has 1 fully saturated rings. The van der Waals surface area contributed by atoms with Gasteiger partial charge >= 0.3 is 5.97 Å². The Labute approximate surface area is 67.3 Å². The molecule has 66 valence electrons. The van der Waals surface area contributed by atoms with Gasteiger partial charge in [-0.05, 0) is 0 Å². The Morgan fingerprint density at radius 1 is 1.42 bits per heavy atom. The van der Waals surface area contributed by atoms with Gasteiger partial charge < -0.3 is 5.11 Å². The summed E-state index contributed by atoms with van der Waals surface area (Å²) >= 11 is 0. The van der Waals surface area contributed by atoms with Crippen LogP contribution in [0.3, 0.4) is 0 Å². The third kappa shape index (κ3) is 0.964. The molecule has 1 rings (SSSR count). The van der Waals surface area contributed by atoms with Crippen LogP contribution in [0.2, 0.25) is 0 Å². The number of hydrogen-bond acceptors (Lipinski definition) is 4. The molecule has 1 aliphatic rings. The number of hydroxylamine groups is 2. The topological polar surface area (TPSA) is 94.9 Å². The second kappa shape index (κ2) is 2.56. The molecule has 1 heterocycles. The molecular formula is C6H7NO5. The van der Waals surface area contributed by atoms with E-state index in [1.54, 1.807) is 0 Å². The van der Waals surface area contributed by atoms with Crippen molar-refractivity contribution in [2.45, 2.75) is 6.92 Å². The molecular weight excluding hydrogens is 166 g/mol. The fourth-order valence-corrected chi connectivity index (χ4v) is 1.11. The van der Waals surface area contributed by atoms with Crippen molar-refractivity contribution in [2.24, 2.45) is 11.8 Å². The molecule has 1 aliphatic heterocycles. The van der Waals surface area contributed by atoms with E-state index in [-0.39, 0.29) is 5.06 Å². The lowest BCUT2D eigenvalue weighted by atomic mass is 9.97. The average molecular weight is 173 g/mol. The number of hydrogen-bond donors (Lipinski definition) is 2. The first kappa shape index (κ1) is 8.66. The van der Waals surface area contributed by atoms with E-state index in [1.165, 1.54) is 6.92 Å². The number of nitrogens with zero attached hydrogens (tertiary/aromatic N) is 1. The first-order valence-corrected chi connectivity index (χ1v) is 3.26. The third-order valence-electron chi connectivity index (χ3n) is 1.84. The standard InChI is InChI=1S/C6H7NO5/c1-2-3(6(10)11)5(9)7(12)4(2)8/h2-3,12H,1H3,(H,10,11). The first-order chi connectivity index (χ1) is 5.46. The van der Waals surface area contributed by atoms with Gasteiger partial charge in [0.25, 0.3) is 11.8 Å². The molecule has 2 amide bonds. The monoisotopic (exact) mass is 173 g/mol. The Balaban J connectivity index is 2.99. The van der Waals surface area contributed by atoms with E-state index in [4.69, 9.17) is 10.3 Å². The lowest BCUT2D eigenvalue weighted by Gasteiger charge is -2.02. The quantitative estimate of drug-likeness (QED) is 0.304. The number of amides is 2. The van der Waals surface area contributed by atoms with Crippen molar-refractivity contribution in [1.29, 1.82) is 0 Å². The maximum absolute atomic E-state index is 10.8. The molecule has 0 spiro atoms. The van der Waals surface area contributed by atoms with E-state index < -0.39 is 29.6 Å². The molecule has 0 radical (unpaired) electrons. The molecule has 0 bridgehead atoms. The molecule has 6 nitrogen and oxygen atoms in total.